The Morgan fingerprint density at radius 3 is 2.53 bits per heavy atom. The van der Waals surface area contributed by atoms with Crippen LogP contribution in [0.4, 0.5) is 0 Å². The van der Waals surface area contributed by atoms with Gasteiger partial charge in [-0.15, -0.1) is 0 Å². The first-order valence-corrected chi connectivity index (χ1v) is 11.8. The number of aryl methyl sites for hydroxylation is 1. The fourth-order valence-corrected chi connectivity index (χ4v) is 5.54. The summed E-state index contributed by atoms with van der Waals surface area (Å²) in [5, 5.41) is 0. The fraction of sp³-hybridized carbons (Fsp3) is 0.435. The number of benzene rings is 2. The van der Waals surface area contributed by atoms with Gasteiger partial charge in [0.15, 0.2) is 0 Å². The topological polar surface area (TPSA) is 72.9 Å². The summed E-state index contributed by atoms with van der Waals surface area (Å²) in [7, 11) is -2.43. The molecule has 1 fully saturated rings. The van der Waals surface area contributed by atoms with Gasteiger partial charge in [-0.3, -0.25) is 4.79 Å². The summed E-state index contributed by atoms with van der Waals surface area (Å²) in [6, 6.07) is 15.9. The van der Waals surface area contributed by atoms with E-state index in [1.54, 1.807) is 18.2 Å². The van der Waals surface area contributed by atoms with Crippen LogP contribution in [-0.2, 0) is 26.0 Å². The van der Waals surface area contributed by atoms with Gasteiger partial charge in [0.1, 0.15) is 16.7 Å². The third-order valence-corrected chi connectivity index (χ3v) is 7.28. The second-order valence-corrected chi connectivity index (χ2v) is 9.25. The lowest BCUT2D eigenvalue weighted by Gasteiger charge is -2.33. The number of esters is 1. The van der Waals surface area contributed by atoms with Crippen molar-refractivity contribution >= 4 is 16.0 Å². The summed E-state index contributed by atoms with van der Waals surface area (Å²) in [4.78, 5) is 12.8. The molecule has 1 saturated heterocycles. The van der Waals surface area contributed by atoms with E-state index in [9.17, 15) is 13.2 Å². The smallest absolute Gasteiger partial charge is 0.324 e. The van der Waals surface area contributed by atoms with E-state index in [1.807, 2.05) is 18.2 Å². The Balaban J connectivity index is 1.60. The van der Waals surface area contributed by atoms with Crippen molar-refractivity contribution in [3.05, 3.63) is 60.2 Å². The highest BCUT2D eigenvalue weighted by molar-refractivity contribution is 7.89. The van der Waals surface area contributed by atoms with Crippen molar-refractivity contribution in [3.8, 4) is 5.75 Å². The van der Waals surface area contributed by atoms with Crippen molar-refractivity contribution < 1.29 is 22.7 Å². The van der Waals surface area contributed by atoms with E-state index in [0.717, 1.165) is 32.1 Å². The predicted octanol–water partition coefficient (Wildman–Crippen LogP) is 3.80. The minimum Gasteiger partial charge on any atom is -0.495 e. The van der Waals surface area contributed by atoms with Gasteiger partial charge in [0.2, 0.25) is 10.0 Å². The summed E-state index contributed by atoms with van der Waals surface area (Å²) in [5.74, 6) is -0.191. The number of para-hydroxylation sites is 1. The maximum Gasteiger partial charge on any atom is 0.324 e. The predicted molar refractivity (Wildman–Crippen MR) is 115 cm³/mol. The van der Waals surface area contributed by atoms with Gasteiger partial charge in [-0.05, 0) is 56.2 Å². The molecule has 1 heterocycles. The van der Waals surface area contributed by atoms with Crippen LogP contribution in [0.5, 0.6) is 5.75 Å². The molecular weight excluding hydrogens is 402 g/mol. The summed E-state index contributed by atoms with van der Waals surface area (Å²) < 4.78 is 38.5. The van der Waals surface area contributed by atoms with Crippen LogP contribution in [0, 0.1) is 0 Å². The van der Waals surface area contributed by atoms with E-state index in [1.165, 1.54) is 23.0 Å². The van der Waals surface area contributed by atoms with Gasteiger partial charge in [0.25, 0.3) is 0 Å². The third kappa shape index (κ3) is 5.40. The number of sulfonamides is 1. The number of carbonyl (C=O) groups excluding carboxylic acids is 1. The van der Waals surface area contributed by atoms with Crippen LogP contribution in [0.25, 0.3) is 0 Å². The number of carbonyl (C=O) groups is 1. The molecule has 30 heavy (non-hydrogen) atoms. The van der Waals surface area contributed by atoms with Crippen LogP contribution in [-0.4, -0.2) is 45.0 Å². The summed E-state index contributed by atoms with van der Waals surface area (Å²) in [5.41, 5.74) is 1.25. The van der Waals surface area contributed by atoms with Crippen LogP contribution < -0.4 is 4.74 Å². The number of nitrogens with zero attached hydrogens (tertiary/aromatic N) is 1. The molecule has 162 valence electrons. The lowest BCUT2D eigenvalue weighted by atomic mass is 10.1. The number of ether oxygens (including phenoxy) is 2. The minimum absolute atomic E-state index is 0.0788. The van der Waals surface area contributed by atoms with Crippen molar-refractivity contribution in [3.63, 3.8) is 0 Å². The molecule has 7 heteroatoms. The largest absolute Gasteiger partial charge is 0.495 e. The number of rotatable bonds is 9. The zero-order valence-electron chi connectivity index (χ0n) is 17.3. The monoisotopic (exact) mass is 431 g/mol. The highest BCUT2D eigenvalue weighted by atomic mass is 32.2. The van der Waals surface area contributed by atoms with Gasteiger partial charge >= 0.3 is 5.97 Å². The standard InChI is InChI=1S/C23H29NO5S/c1-28-21-15-5-6-16-22(21)30(26,27)24-17-9-7-14-20(24)23(25)29-18-10-8-13-19-11-3-2-4-12-19/h2-6,11-12,15-16,20H,7-10,13-14,17-18H2,1H3. The van der Waals surface area contributed by atoms with Crippen molar-refractivity contribution in [1.29, 1.82) is 0 Å². The summed E-state index contributed by atoms with van der Waals surface area (Å²) >= 11 is 0. The SMILES string of the molecule is COc1ccccc1S(=O)(=O)N1CCCCC1C(=O)OCCCCc1ccccc1. The van der Waals surface area contributed by atoms with E-state index in [4.69, 9.17) is 9.47 Å². The number of piperidine rings is 1. The first-order valence-electron chi connectivity index (χ1n) is 10.4. The van der Waals surface area contributed by atoms with Crippen molar-refractivity contribution in [2.24, 2.45) is 0 Å². The second-order valence-electron chi connectivity index (χ2n) is 7.39. The van der Waals surface area contributed by atoms with Gasteiger partial charge in [0, 0.05) is 6.54 Å². The van der Waals surface area contributed by atoms with Crippen LogP contribution in [0.1, 0.15) is 37.7 Å². The molecule has 0 aliphatic carbocycles. The van der Waals surface area contributed by atoms with Crippen LogP contribution >= 0.6 is 0 Å². The summed E-state index contributed by atoms with van der Waals surface area (Å²) in [6.45, 7) is 0.596. The zero-order chi connectivity index (χ0) is 21.4. The van der Waals surface area contributed by atoms with E-state index >= 15 is 0 Å². The van der Waals surface area contributed by atoms with Crippen molar-refractivity contribution in [2.75, 3.05) is 20.3 Å². The Labute approximate surface area is 178 Å². The maximum absolute atomic E-state index is 13.3. The lowest BCUT2D eigenvalue weighted by Crippen LogP contribution is -2.48. The van der Waals surface area contributed by atoms with Crippen molar-refractivity contribution in [2.45, 2.75) is 49.5 Å². The molecule has 2 aromatic rings. The van der Waals surface area contributed by atoms with Crippen molar-refractivity contribution in [1.82, 2.24) is 4.31 Å². The first kappa shape index (κ1) is 22.3. The van der Waals surface area contributed by atoms with Gasteiger partial charge in [-0.25, -0.2) is 8.42 Å². The van der Waals surface area contributed by atoms with Gasteiger partial charge in [0.05, 0.1) is 13.7 Å². The molecular formula is C23H29NO5S. The van der Waals surface area contributed by atoms with E-state index < -0.39 is 22.0 Å². The first-order chi connectivity index (χ1) is 14.5. The number of hydrogen-bond acceptors (Lipinski definition) is 5. The van der Waals surface area contributed by atoms with E-state index in [-0.39, 0.29) is 10.6 Å². The molecule has 0 aromatic heterocycles. The Hall–Kier alpha value is -2.38. The molecule has 6 nitrogen and oxygen atoms in total. The Kier molecular flexibility index (Phi) is 7.87. The number of unbranched alkanes of at least 4 members (excludes halogenated alkanes) is 1. The average Bonchev–Trinajstić information content (AvgIpc) is 2.79. The molecule has 0 spiro atoms. The highest BCUT2D eigenvalue weighted by Gasteiger charge is 2.39. The molecule has 0 bridgehead atoms. The molecule has 0 N–H and O–H groups in total. The van der Waals surface area contributed by atoms with Gasteiger partial charge in [-0.2, -0.15) is 4.31 Å². The Bertz CT molecular complexity index is 930. The average molecular weight is 432 g/mol. The third-order valence-electron chi connectivity index (χ3n) is 5.33. The van der Waals surface area contributed by atoms with Crippen LogP contribution in [0.15, 0.2) is 59.5 Å². The lowest BCUT2D eigenvalue weighted by molar-refractivity contribution is -0.149. The Morgan fingerprint density at radius 1 is 1.03 bits per heavy atom. The molecule has 0 radical (unpaired) electrons. The number of methoxy groups -OCH3 is 1. The molecule has 1 aliphatic heterocycles. The minimum atomic E-state index is -3.86. The quantitative estimate of drug-likeness (QED) is 0.446. The maximum atomic E-state index is 13.3. The molecule has 0 saturated carbocycles. The molecule has 1 aliphatic rings. The van der Waals surface area contributed by atoms with E-state index in [0.29, 0.717) is 19.6 Å². The number of hydrogen-bond donors (Lipinski definition) is 0. The van der Waals surface area contributed by atoms with Gasteiger partial charge < -0.3 is 9.47 Å². The van der Waals surface area contributed by atoms with E-state index in [2.05, 4.69) is 12.1 Å². The molecule has 1 unspecified atom stereocenters. The molecule has 3 rings (SSSR count). The zero-order valence-corrected chi connectivity index (χ0v) is 18.1. The van der Waals surface area contributed by atoms with Crippen LogP contribution in [0.3, 0.4) is 0 Å². The normalized spacial score (nSPS) is 17.4. The van der Waals surface area contributed by atoms with Gasteiger partial charge in [-0.1, -0.05) is 42.5 Å². The summed E-state index contributed by atoms with van der Waals surface area (Å²) in [6.07, 6.45) is 4.56. The molecule has 0 amide bonds. The second kappa shape index (κ2) is 10.6. The Morgan fingerprint density at radius 2 is 1.77 bits per heavy atom. The molecule has 1 atom stereocenters. The highest BCUT2D eigenvalue weighted by Crippen LogP contribution is 2.31. The van der Waals surface area contributed by atoms with Crippen LogP contribution in [0.2, 0.25) is 0 Å². The fourth-order valence-electron chi connectivity index (χ4n) is 3.73. The molecule has 2 aromatic carbocycles.